The zero-order valence-corrected chi connectivity index (χ0v) is 12.5. The van der Waals surface area contributed by atoms with Gasteiger partial charge in [0.05, 0.1) is 17.5 Å². The summed E-state index contributed by atoms with van der Waals surface area (Å²) < 4.78 is 1.85. The normalized spacial score (nSPS) is 18.1. The number of hydrogen-bond acceptors (Lipinski definition) is 4. The average molecular weight is 286 g/mol. The molecule has 1 N–H and O–H groups in total. The molecule has 0 aliphatic carbocycles. The number of amidine groups is 1. The highest BCUT2D eigenvalue weighted by molar-refractivity contribution is 8.14. The molecule has 20 heavy (non-hydrogen) atoms. The SMILES string of the molecule is Cc1nn(C)cc1CNC1=NCC(c2ccccc2)S1. The van der Waals surface area contributed by atoms with Gasteiger partial charge in [0.2, 0.25) is 0 Å². The standard InChI is InChI=1S/C15H18N4S/c1-11-13(10-19(2)18-11)8-16-15-17-9-14(20-15)12-6-4-3-5-7-12/h3-7,10,14H,8-9H2,1-2H3,(H,16,17). The molecule has 1 aliphatic heterocycles. The molecule has 0 saturated heterocycles. The van der Waals surface area contributed by atoms with Crippen LogP contribution >= 0.6 is 11.8 Å². The van der Waals surface area contributed by atoms with E-state index in [-0.39, 0.29) is 0 Å². The van der Waals surface area contributed by atoms with Crippen molar-refractivity contribution in [2.75, 3.05) is 6.54 Å². The van der Waals surface area contributed by atoms with Crippen molar-refractivity contribution >= 4 is 16.9 Å². The number of thioether (sulfide) groups is 1. The largest absolute Gasteiger partial charge is 0.361 e. The van der Waals surface area contributed by atoms with Crippen LogP contribution in [0.5, 0.6) is 0 Å². The number of nitrogens with one attached hydrogen (secondary N) is 1. The quantitative estimate of drug-likeness (QED) is 0.943. The van der Waals surface area contributed by atoms with Crippen LogP contribution in [0.15, 0.2) is 41.5 Å². The Morgan fingerprint density at radius 3 is 2.85 bits per heavy atom. The Balaban J connectivity index is 1.57. The number of rotatable bonds is 3. The molecule has 3 rings (SSSR count). The predicted octanol–water partition coefficient (Wildman–Crippen LogP) is 2.66. The first-order chi connectivity index (χ1) is 9.72. The van der Waals surface area contributed by atoms with Gasteiger partial charge in [0.15, 0.2) is 5.17 Å². The first-order valence-corrected chi connectivity index (χ1v) is 7.59. The van der Waals surface area contributed by atoms with Crippen molar-refractivity contribution in [2.45, 2.75) is 18.7 Å². The van der Waals surface area contributed by atoms with Crippen LogP contribution in [-0.4, -0.2) is 21.5 Å². The van der Waals surface area contributed by atoms with E-state index in [1.807, 2.05) is 36.5 Å². The third-order valence-electron chi connectivity index (χ3n) is 3.37. The van der Waals surface area contributed by atoms with Gasteiger partial charge in [-0.15, -0.1) is 0 Å². The van der Waals surface area contributed by atoms with Gasteiger partial charge in [-0.2, -0.15) is 5.10 Å². The maximum Gasteiger partial charge on any atom is 0.157 e. The molecule has 1 aliphatic rings. The van der Waals surface area contributed by atoms with Crippen LogP contribution in [0.3, 0.4) is 0 Å². The van der Waals surface area contributed by atoms with Crippen LogP contribution in [0.1, 0.15) is 22.1 Å². The minimum atomic E-state index is 0.439. The third-order valence-corrected chi connectivity index (χ3v) is 4.57. The highest BCUT2D eigenvalue weighted by Gasteiger charge is 2.21. The van der Waals surface area contributed by atoms with Crippen molar-refractivity contribution in [1.82, 2.24) is 15.1 Å². The maximum absolute atomic E-state index is 4.59. The lowest BCUT2D eigenvalue weighted by Gasteiger charge is -2.09. The summed E-state index contributed by atoms with van der Waals surface area (Å²) in [7, 11) is 1.95. The van der Waals surface area contributed by atoms with Crippen LogP contribution in [0.25, 0.3) is 0 Å². The summed E-state index contributed by atoms with van der Waals surface area (Å²) in [5, 5.41) is 9.23. The molecule has 5 heteroatoms. The van der Waals surface area contributed by atoms with Gasteiger partial charge in [0.1, 0.15) is 0 Å². The summed E-state index contributed by atoms with van der Waals surface area (Å²) in [6.07, 6.45) is 2.05. The molecule has 2 heterocycles. The van der Waals surface area contributed by atoms with Crippen LogP contribution in [-0.2, 0) is 13.6 Å². The molecule has 1 unspecified atom stereocenters. The summed E-state index contributed by atoms with van der Waals surface area (Å²) in [5.41, 5.74) is 3.64. The maximum atomic E-state index is 4.59. The van der Waals surface area contributed by atoms with E-state index in [0.717, 1.165) is 24.0 Å². The fraction of sp³-hybridized carbons (Fsp3) is 0.333. The molecule has 2 aromatic rings. The van der Waals surface area contributed by atoms with E-state index in [4.69, 9.17) is 0 Å². The molecule has 1 atom stereocenters. The second-order valence-corrected chi connectivity index (χ2v) is 6.12. The Morgan fingerprint density at radius 1 is 1.35 bits per heavy atom. The van der Waals surface area contributed by atoms with Gasteiger partial charge in [-0.05, 0) is 12.5 Å². The van der Waals surface area contributed by atoms with Gasteiger partial charge >= 0.3 is 0 Å². The first-order valence-electron chi connectivity index (χ1n) is 6.71. The van der Waals surface area contributed by atoms with E-state index >= 15 is 0 Å². The molecular weight excluding hydrogens is 268 g/mol. The number of nitrogens with zero attached hydrogens (tertiary/aromatic N) is 3. The smallest absolute Gasteiger partial charge is 0.157 e. The lowest BCUT2D eigenvalue weighted by atomic mass is 10.1. The highest BCUT2D eigenvalue weighted by Crippen LogP contribution is 2.34. The number of aromatic nitrogens is 2. The lowest BCUT2D eigenvalue weighted by molar-refractivity contribution is 0.756. The van der Waals surface area contributed by atoms with Crippen LogP contribution in [0.2, 0.25) is 0 Å². The lowest BCUT2D eigenvalue weighted by Crippen LogP contribution is -2.18. The molecule has 1 aromatic carbocycles. The van der Waals surface area contributed by atoms with Gasteiger partial charge in [0, 0.05) is 25.4 Å². The molecule has 0 bridgehead atoms. The number of aryl methyl sites for hydroxylation is 2. The summed E-state index contributed by atoms with van der Waals surface area (Å²) in [6.45, 7) is 3.67. The second-order valence-electron chi connectivity index (χ2n) is 4.93. The molecule has 0 radical (unpaired) electrons. The van der Waals surface area contributed by atoms with Crippen molar-refractivity contribution in [3.05, 3.63) is 53.3 Å². The van der Waals surface area contributed by atoms with E-state index < -0.39 is 0 Å². The monoisotopic (exact) mass is 286 g/mol. The van der Waals surface area contributed by atoms with Crippen LogP contribution in [0.4, 0.5) is 0 Å². The molecule has 4 nitrogen and oxygen atoms in total. The summed E-state index contributed by atoms with van der Waals surface area (Å²) in [4.78, 5) is 4.59. The molecule has 0 spiro atoms. The zero-order valence-electron chi connectivity index (χ0n) is 11.7. The van der Waals surface area contributed by atoms with Gasteiger partial charge in [0.25, 0.3) is 0 Å². The number of aliphatic imine (C=N–C) groups is 1. The van der Waals surface area contributed by atoms with E-state index in [2.05, 4.69) is 45.9 Å². The minimum absolute atomic E-state index is 0.439. The predicted molar refractivity (Wildman–Crippen MR) is 83.9 cm³/mol. The summed E-state index contributed by atoms with van der Waals surface area (Å²) in [6, 6.07) is 10.6. The van der Waals surface area contributed by atoms with Gasteiger partial charge < -0.3 is 5.32 Å². The molecule has 0 saturated carbocycles. The Bertz CT molecular complexity index is 618. The highest BCUT2D eigenvalue weighted by atomic mass is 32.2. The summed E-state index contributed by atoms with van der Waals surface area (Å²) >= 11 is 1.81. The van der Waals surface area contributed by atoms with E-state index in [0.29, 0.717) is 5.25 Å². The van der Waals surface area contributed by atoms with Gasteiger partial charge in [-0.25, -0.2) is 0 Å². The van der Waals surface area contributed by atoms with Crippen LogP contribution < -0.4 is 5.32 Å². The molecule has 0 fully saturated rings. The average Bonchev–Trinajstić information content (AvgIpc) is 3.04. The second kappa shape index (κ2) is 5.71. The van der Waals surface area contributed by atoms with Crippen molar-refractivity contribution in [3.8, 4) is 0 Å². The molecular formula is C15H18N4S. The molecule has 1 aromatic heterocycles. The first kappa shape index (κ1) is 13.2. The number of benzene rings is 1. The fourth-order valence-electron chi connectivity index (χ4n) is 2.31. The topological polar surface area (TPSA) is 42.2 Å². The number of hydrogen-bond donors (Lipinski definition) is 1. The fourth-order valence-corrected chi connectivity index (χ4v) is 3.32. The Labute approximate surface area is 123 Å². The van der Waals surface area contributed by atoms with Crippen LogP contribution in [0, 0.1) is 6.92 Å². The zero-order chi connectivity index (χ0) is 13.9. The van der Waals surface area contributed by atoms with Gasteiger partial charge in [-0.3, -0.25) is 9.67 Å². The van der Waals surface area contributed by atoms with Crippen molar-refractivity contribution in [1.29, 1.82) is 0 Å². The Kier molecular flexibility index (Phi) is 3.78. The Hall–Kier alpha value is -1.75. The third kappa shape index (κ3) is 2.88. The summed E-state index contributed by atoms with van der Waals surface area (Å²) in [5.74, 6) is 0. The van der Waals surface area contributed by atoms with Crippen molar-refractivity contribution in [3.63, 3.8) is 0 Å². The molecule has 0 amide bonds. The molecule has 104 valence electrons. The van der Waals surface area contributed by atoms with E-state index in [1.54, 1.807) is 0 Å². The Morgan fingerprint density at radius 2 is 2.15 bits per heavy atom. The van der Waals surface area contributed by atoms with E-state index in [1.165, 1.54) is 11.1 Å². The van der Waals surface area contributed by atoms with Gasteiger partial charge in [-0.1, -0.05) is 42.1 Å². The van der Waals surface area contributed by atoms with E-state index in [9.17, 15) is 0 Å². The minimum Gasteiger partial charge on any atom is -0.361 e. The van der Waals surface area contributed by atoms with Crippen molar-refractivity contribution < 1.29 is 0 Å². The van der Waals surface area contributed by atoms with Crippen molar-refractivity contribution in [2.24, 2.45) is 12.0 Å².